The summed E-state index contributed by atoms with van der Waals surface area (Å²) in [6.07, 6.45) is 11.0. The quantitative estimate of drug-likeness (QED) is 0.526. The van der Waals surface area contributed by atoms with Gasteiger partial charge >= 0.3 is 0 Å². The molecule has 0 spiro atoms. The summed E-state index contributed by atoms with van der Waals surface area (Å²) in [6.45, 7) is 5.80. The van der Waals surface area contributed by atoms with Crippen molar-refractivity contribution in [3.63, 3.8) is 0 Å². The number of aromatic nitrogens is 4. The molecule has 33 heavy (non-hydrogen) atoms. The van der Waals surface area contributed by atoms with Crippen LogP contribution in [0.25, 0.3) is 27.7 Å². The highest BCUT2D eigenvalue weighted by molar-refractivity contribution is 6.02. The number of likely N-dealkylation sites (tertiary alicyclic amines) is 1. The summed E-state index contributed by atoms with van der Waals surface area (Å²) in [7, 11) is 2.17. The lowest BCUT2D eigenvalue weighted by molar-refractivity contribution is 0.0726. The minimum Gasteiger partial charge on any atom is -0.368 e. The van der Waals surface area contributed by atoms with E-state index in [0.717, 1.165) is 85.5 Å². The molecule has 0 aliphatic carbocycles. The number of aromatic amines is 1. The third-order valence-electron chi connectivity index (χ3n) is 7.09. The Kier molecular flexibility index (Phi) is 5.02. The first-order valence-electron chi connectivity index (χ1n) is 11.8. The maximum absolute atomic E-state index is 13.2. The first-order chi connectivity index (χ1) is 16.2. The number of hydrogen-bond acceptors (Lipinski definition) is 5. The molecular formula is C25H29N7O. The molecule has 2 aliphatic rings. The second-order valence-corrected chi connectivity index (χ2v) is 9.24. The van der Waals surface area contributed by atoms with Gasteiger partial charge in [0.15, 0.2) is 0 Å². The lowest BCUT2D eigenvalue weighted by Crippen LogP contribution is -2.44. The zero-order valence-electron chi connectivity index (χ0n) is 19.0. The fraction of sp³-hybridized carbons (Fsp3) is 0.400. The van der Waals surface area contributed by atoms with Crippen LogP contribution in [0.5, 0.6) is 0 Å². The van der Waals surface area contributed by atoms with Crippen LogP contribution in [0.1, 0.15) is 29.6 Å². The summed E-state index contributed by atoms with van der Waals surface area (Å²) in [4.78, 5) is 27.9. The largest absolute Gasteiger partial charge is 0.368 e. The number of pyridine rings is 2. The number of carbonyl (C=O) groups excluding carboxylic acids is 1. The van der Waals surface area contributed by atoms with Crippen molar-refractivity contribution >= 4 is 28.1 Å². The smallest absolute Gasteiger partial charge is 0.257 e. The van der Waals surface area contributed by atoms with Gasteiger partial charge in [-0.1, -0.05) is 0 Å². The van der Waals surface area contributed by atoms with Crippen molar-refractivity contribution in [1.29, 1.82) is 0 Å². The summed E-state index contributed by atoms with van der Waals surface area (Å²) >= 11 is 0. The van der Waals surface area contributed by atoms with Crippen LogP contribution >= 0.6 is 0 Å². The fourth-order valence-electron chi connectivity index (χ4n) is 5.05. The summed E-state index contributed by atoms with van der Waals surface area (Å²) in [5.41, 5.74) is 5.70. The fourth-order valence-corrected chi connectivity index (χ4v) is 5.05. The third-order valence-corrected chi connectivity index (χ3v) is 7.09. The Morgan fingerprint density at radius 2 is 1.82 bits per heavy atom. The number of fused-ring (bicyclic) bond motifs is 2. The number of likely N-dealkylation sites (N-methyl/N-ethyl adjacent to an activating group) is 1. The van der Waals surface area contributed by atoms with Gasteiger partial charge in [0.1, 0.15) is 5.65 Å². The summed E-state index contributed by atoms with van der Waals surface area (Å²) in [6, 6.07) is 6.37. The van der Waals surface area contributed by atoms with Crippen LogP contribution < -0.4 is 4.90 Å². The van der Waals surface area contributed by atoms with Crippen LogP contribution in [-0.4, -0.2) is 81.6 Å². The molecule has 170 valence electrons. The zero-order chi connectivity index (χ0) is 22.4. The average molecular weight is 444 g/mol. The van der Waals surface area contributed by atoms with Gasteiger partial charge in [-0.3, -0.25) is 4.79 Å². The number of rotatable bonds is 3. The normalized spacial score (nSPS) is 17.8. The Hall–Kier alpha value is -3.39. The number of amides is 1. The van der Waals surface area contributed by atoms with Crippen LogP contribution in [0, 0.1) is 0 Å². The number of anilines is 1. The van der Waals surface area contributed by atoms with Gasteiger partial charge in [-0.25, -0.2) is 9.50 Å². The standard InChI is InChI=1S/C25H29N7O/c1-29-9-11-30(12-10-29)19-14-20-21(16-27-24(20)26-15-19)18-5-8-32-23(13-18)22(17-28-32)25(33)31-6-3-2-4-7-31/h5,8,13-17H,2-4,6-7,9-12H2,1H3,(H,26,27). The molecule has 0 saturated carbocycles. The molecule has 8 heteroatoms. The topological polar surface area (TPSA) is 72.8 Å². The minimum absolute atomic E-state index is 0.0831. The minimum atomic E-state index is 0.0831. The molecule has 2 saturated heterocycles. The molecule has 0 radical (unpaired) electrons. The van der Waals surface area contributed by atoms with E-state index >= 15 is 0 Å². The monoisotopic (exact) mass is 443 g/mol. The highest BCUT2D eigenvalue weighted by Gasteiger charge is 2.22. The van der Waals surface area contributed by atoms with Gasteiger partial charge in [-0.15, -0.1) is 0 Å². The Morgan fingerprint density at radius 3 is 2.64 bits per heavy atom. The Labute approximate surface area is 192 Å². The Balaban J connectivity index is 1.37. The number of piperidine rings is 1. The van der Waals surface area contributed by atoms with Crippen molar-refractivity contribution in [2.24, 2.45) is 0 Å². The van der Waals surface area contributed by atoms with Gasteiger partial charge in [0.05, 0.1) is 29.2 Å². The number of nitrogens with one attached hydrogen (secondary N) is 1. The molecule has 0 unspecified atom stereocenters. The number of H-pyrrole nitrogens is 1. The van der Waals surface area contributed by atoms with Gasteiger partial charge in [0.25, 0.3) is 5.91 Å². The van der Waals surface area contributed by atoms with Gasteiger partial charge in [0.2, 0.25) is 0 Å². The highest BCUT2D eigenvalue weighted by Crippen LogP contribution is 2.32. The van der Waals surface area contributed by atoms with Crippen LogP contribution in [0.15, 0.2) is 43.0 Å². The molecule has 6 heterocycles. The summed E-state index contributed by atoms with van der Waals surface area (Å²) in [5.74, 6) is 0.0831. The van der Waals surface area contributed by atoms with Gasteiger partial charge < -0.3 is 19.7 Å². The molecule has 1 N–H and O–H groups in total. The van der Waals surface area contributed by atoms with Crippen LogP contribution in [-0.2, 0) is 0 Å². The Morgan fingerprint density at radius 1 is 1.00 bits per heavy atom. The first-order valence-corrected chi connectivity index (χ1v) is 11.8. The third kappa shape index (κ3) is 3.64. The second-order valence-electron chi connectivity index (χ2n) is 9.24. The van der Waals surface area contributed by atoms with Gasteiger partial charge in [-0.05, 0) is 50.1 Å². The molecule has 8 nitrogen and oxygen atoms in total. The molecular weight excluding hydrogens is 414 g/mol. The van der Waals surface area contributed by atoms with Crippen molar-refractivity contribution in [1.82, 2.24) is 29.4 Å². The van der Waals surface area contributed by atoms with E-state index in [4.69, 9.17) is 4.98 Å². The number of nitrogens with zero attached hydrogens (tertiary/aromatic N) is 6. The average Bonchev–Trinajstić information content (AvgIpc) is 3.48. The summed E-state index contributed by atoms with van der Waals surface area (Å²) < 4.78 is 1.80. The van der Waals surface area contributed by atoms with Gasteiger partial charge in [0, 0.05) is 62.6 Å². The zero-order valence-corrected chi connectivity index (χ0v) is 19.0. The van der Waals surface area contributed by atoms with E-state index in [1.165, 1.54) is 6.42 Å². The Bertz CT molecular complexity index is 1310. The first kappa shape index (κ1) is 20.2. The van der Waals surface area contributed by atoms with Crippen LogP contribution in [0.3, 0.4) is 0 Å². The molecule has 0 bridgehead atoms. The van der Waals surface area contributed by atoms with E-state index in [-0.39, 0.29) is 5.91 Å². The maximum Gasteiger partial charge on any atom is 0.257 e. The number of piperazine rings is 1. The lowest BCUT2D eigenvalue weighted by atomic mass is 10.0. The molecule has 4 aromatic rings. The number of carbonyl (C=O) groups is 1. The molecule has 0 aromatic carbocycles. The van der Waals surface area contributed by atoms with E-state index in [1.54, 1.807) is 10.7 Å². The molecule has 4 aromatic heterocycles. The molecule has 0 atom stereocenters. The van der Waals surface area contributed by atoms with E-state index < -0.39 is 0 Å². The van der Waals surface area contributed by atoms with E-state index in [0.29, 0.717) is 5.56 Å². The molecule has 2 fully saturated rings. The van der Waals surface area contributed by atoms with Crippen molar-refractivity contribution in [3.05, 3.63) is 48.5 Å². The van der Waals surface area contributed by atoms with E-state index in [1.807, 2.05) is 23.5 Å². The maximum atomic E-state index is 13.2. The predicted molar refractivity (Wildman–Crippen MR) is 130 cm³/mol. The lowest BCUT2D eigenvalue weighted by Gasteiger charge is -2.33. The van der Waals surface area contributed by atoms with Crippen molar-refractivity contribution < 1.29 is 4.79 Å². The molecule has 2 aliphatic heterocycles. The highest BCUT2D eigenvalue weighted by atomic mass is 16.2. The van der Waals surface area contributed by atoms with Gasteiger partial charge in [-0.2, -0.15) is 5.10 Å². The van der Waals surface area contributed by atoms with E-state index in [9.17, 15) is 4.79 Å². The SMILES string of the molecule is CN1CCN(c2cnc3[nH]cc(-c4ccn5ncc(C(=O)N6CCCCC6)c5c4)c3c2)CC1. The summed E-state index contributed by atoms with van der Waals surface area (Å²) in [5, 5.41) is 5.54. The van der Waals surface area contributed by atoms with Crippen molar-refractivity contribution in [3.8, 4) is 11.1 Å². The van der Waals surface area contributed by atoms with Crippen LogP contribution in [0.2, 0.25) is 0 Å². The van der Waals surface area contributed by atoms with Crippen molar-refractivity contribution in [2.75, 3.05) is 51.2 Å². The molecule has 1 amide bonds. The van der Waals surface area contributed by atoms with E-state index in [2.05, 4.69) is 45.1 Å². The molecule has 6 rings (SSSR count). The van der Waals surface area contributed by atoms with Crippen molar-refractivity contribution in [2.45, 2.75) is 19.3 Å². The predicted octanol–water partition coefficient (Wildman–Crippen LogP) is 3.26. The van der Waals surface area contributed by atoms with Crippen LogP contribution in [0.4, 0.5) is 5.69 Å². The second kappa shape index (κ2) is 8.19. The number of hydrogen-bond donors (Lipinski definition) is 1.